The molecular weight excluding hydrogens is 562 g/mol. The number of hydrogen-bond donors (Lipinski definition) is 3. The van der Waals surface area contributed by atoms with Crippen LogP contribution in [0.4, 0.5) is 28.1 Å². The number of nitrogens with zero attached hydrogens (tertiary/aromatic N) is 6. The molecular formula is C31H39N9O4. The van der Waals surface area contributed by atoms with E-state index >= 15 is 0 Å². The number of aromatic nitrogens is 3. The van der Waals surface area contributed by atoms with Crippen LogP contribution in [0.1, 0.15) is 24.2 Å². The first-order chi connectivity index (χ1) is 21.4. The summed E-state index contributed by atoms with van der Waals surface area (Å²) >= 11 is 0. The summed E-state index contributed by atoms with van der Waals surface area (Å²) in [5, 5.41) is 9.04. The normalized spacial score (nSPS) is 20.7. The Morgan fingerprint density at radius 3 is 2.09 bits per heavy atom. The van der Waals surface area contributed by atoms with Crippen LogP contribution in [0.2, 0.25) is 0 Å². The Hall–Kier alpha value is -4.33. The maximum Gasteiger partial charge on any atom is 0.323 e. The summed E-state index contributed by atoms with van der Waals surface area (Å²) in [6.07, 6.45) is 0.0916. The highest BCUT2D eigenvalue weighted by molar-refractivity contribution is 6.00. The van der Waals surface area contributed by atoms with Crippen LogP contribution >= 0.6 is 0 Å². The minimum Gasteiger partial charge on any atom is -0.378 e. The number of benzene rings is 2. The van der Waals surface area contributed by atoms with Crippen molar-refractivity contribution in [3.63, 3.8) is 0 Å². The van der Waals surface area contributed by atoms with Gasteiger partial charge in [-0.1, -0.05) is 0 Å². The van der Waals surface area contributed by atoms with E-state index in [1.54, 1.807) is 24.3 Å². The van der Waals surface area contributed by atoms with Crippen molar-refractivity contribution in [3.05, 3.63) is 54.1 Å². The Balaban J connectivity index is 1.11. The molecule has 2 aromatic carbocycles. The third-order valence-electron chi connectivity index (χ3n) is 7.88. The molecule has 44 heavy (non-hydrogen) atoms. The number of morpholine rings is 2. The van der Waals surface area contributed by atoms with Gasteiger partial charge in [0.05, 0.1) is 25.9 Å². The zero-order valence-electron chi connectivity index (χ0n) is 25.2. The molecule has 0 spiro atoms. The summed E-state index contributed by atoms with van der Waals surface area (Å²) in [6.45, 7) is 11.0. The fraction of sp³-hybridized carbons (Fsp3) is 0.452. The van der Waals surface area contributed by atoms with Gasteiger partial charge in [-0.15, -0.1) is 0 Å². The summed E-state index contributed by atoms with van der Waals surface area (Å²) in [7, 11) is 0. The van der Waals surface area contributed by atoms with E-state index in [-0.39, 0.29) is 24.1 Å². The number of rotatable bonds is 6. The number of carbonyl (C=O) groups excluding carboxylic acids is 2. The number of carbonyl (C=O) groups is 2. The van der Waals surface area contributed by atoms with Crippen molar-refractivity contribution in [3.8, 4) is 11.4 Å². The molecule has 3 fully saturated rings. The number of piperazine rings is 1. The predicted molar refractivity (Wildman–Crippen MR) is 168 cm³/mol. The number of urea groups is 1. The molecule has 3 aliphatic rings. The van der Waals surface area contributed by atoms with Crippen LogP contribution in [-0.2, 0) is 9.47 Å². The largest absolute Gasteiger partial charge is 0.378 e. The van der Waals surface area contributed by atoms with E-state index in [1.165, 1.54) is 0 Å². The van der Waals surface area contributed by atoms with Gasteiger partial charge in [0.15, 0.2) is 5.82 Å². The molecule has 0 bridgehead atoms. The molecule has 3 aromatic rings. The highest BCUT2D eigenvalue weighted by atomic mass is 16.5. The summed E-state index contributed by atoms with van der Waals surface area (Å²) in [6, 6.07) is 14.3. The van der Waals surface area contributed by atoms with Crippen LogP contribution in [-0.4, -0.2) is 110 Å². The van der Waals surface area contributed by atoms with Crippen molar-refractivity contribution in [2.75, 3.05) is 86.1 Å². The fourth-order valence-corrected chi connectivity index (χ4v) is 5.52. The quantitative estimate of drug-likeness (QED) is 0.387. The molecule has 13 nitrogen and oxygen atoms in total. The van der Waals surface area contributed by atoms with Crippen LogP contribution in [0.25, 0.3) is 11.4 Å². The Labute approximate surface area is 257 Å². The first-order valence-corrected chi connectivity index (χ1v) is 15.2. The maximum absolute atomic E-state index is 12.8. The van der Waals surface area contributed by atoms with Gasteiger partial charge in [0.25, 0.3) is 5.91 Å². The van der Waals surface area contributed by atoms with E-state index in [9.17, 15) is 9.59 Å². The molecule has 3 amide bonds. The lowest BCUT2D eigenvalue weighted by atomic mass is 10.1. The lowest BCUT2D eigenvalue weighted by Gasteiger charge is -2.32. The highest BCUT2D eigenvalue weighted by Gasteiger charge is 2.24. The van der Waals surface area contributed by atoms with Crippen LogP contribution in [0.3, 0.4) is 0 Å². The molecule has 4 heterocycles. The van der Waals surface area contributed by atoms with Gasteiger partial charge in [0.2, 0.25) is 11.9 Å². The summed E-state index contributed by atoms with van der Waals surface area (Å²) < 4.78 is 11.2. The van der Waals surface area contributed by atoms with Crippen molar-refractivity contribution < 1.29 is 19.1 Å². The Morgan fingerprint density at radius 2 is 1.43 bits per heavy atom. The van der Waals surface area contributed by atoms with Crippen LogP contribution in [0, 0.1) is 0 Å². The van der Waals surface area contributed by atoms with Gasteiger partial charge in [-0.3, -0.25) is 4.79 Å². The maximum atomic E-state index is 12.8. The average molecular weight is 602 g/mol. The van der Waals surface area contributed by atoms with Crippen LogP contribution < -0.4 is 25.8 Å². The van der Waals surface area contributed by atoms with Gasteiger partial charge in [-0.2, -0.15) is 15.0 Å². The third-order valence-corrected chi connectivity index (χ3v) is 7.88. The van der Waals surface area contributed by atoms with Crippen molar-refractivity contribution in [2.24, 2.45) is 0 Å². The number of anilines is 4. The van der Waals surface area contributed by atoms with Crippen molar-refractivity contribution >= 4 is 35.2 Å². The van der Waals surface area contributed by atoms with E-state index in [0.29, 0.717) is 80.7 Å². The van der Waals surface area contributed by atoms with Gasteiger partial charge in [0, 0.05) is 74.4 Å². The van der Waals surface area contributed by atoms with E-state index in [2.05, 4.69) is 32.7 Å². The third kappa shape index (κ3) is 7.24. The minimum atomic E-state index is -0.383. The fourth-order valence-electron chi connectivity index (χ4n) is 5.52. The van der Waals surface area contributed by atoms with E-state index in [0.717, 1.165) is 25.2 Å². The van der Waals surface area contributed by atoms with Gasteiger partial charge < -0.3 is 40.1 Å². The van der Waals surface area contributed by atoms with Gasteiger partial charge in [-0.05, 0) is 62.4 Å². The summed E-state index contributed by atoms with van der Waals surface area (Å²) in [4.78, 5) is 46.1. The lowest BCUT2D eigenvalue weighted by Crippen LogP contribution is -2.51. The zero-order valence-corrected chi connectivity index (χ0v) is 25.2. The second kappa shape index (κ2) is 13.5. The molecule has 1 aromatic heterocycles. The molecule has 0 aliphatic carbocycles. The number of hydrogen-bond acceptors (Lipinski definition) is 10. The molecule has 13 heteroatoms. The van der Waals surface area contributed by atoms with Crippen LogP contribution in [0.15, 0.2) is 48.5 Å². The molecule has 2 atom stereocenters. The molecule has 0 radical (unpaired) electrons. The second-order valence-corrected chi connectivity index (χ2v) is 11.3. The molecule has 2 unspecified atom stereocenters. The first-order valence-electron chi connectivity index (χ1n) is 15.2. The second-order valence-electron chi connectivity index (χ2n) is 11.3. The smallest absolute Gasteiger partial charge is 0.323 e. The van der Waals surface area contributed by atoms with Crippen molar-refractivity contribution in [1.82, 2.24) is 25.2 Å². The van der Waals surface area contributed by atoms with E-state index in [1.807, 2.05) is 36.1 Å². The molecule has 3 N–H and O–H groups in total. The summed E-state index contributed by atoms with van der Waals surface area (Å²) in [5.41, 5.74) is 2.63. The Morgan fingerprint density at radius 1 is 0.795 bits per heavy atom. The monoisotopic (exact) mass is 601 g/mol. The highest BCUT2D eigenvalue weighted by Crippen LogP contribution is 2.25. The topological polar surface area (TPSA) is 137 Å². The first kappa shape index (κ1) is 29.7. The predicted octanol–water partition coefficient (Wildman–Crippen LogP) is 2.68. The zero-order chi connectivity index (χ0) is 30.5. The molecule has 3 aliphatic heterocycles. The number of nitrogens with one attached hydrogen (secondary N) is 3. The van der Waals surface area contributed by atoms with E-state index < -0.39 is 0 Å². The minimum absolute atomic E-state index is 0.00342. The number of amides is 3. The van der Waals surface area contributed by atoms with Gasteiger partial charge in [0.1, 0.15) is 0 Å². The van der Waals surface area contributed by atoms with Crippen molar-refractivity contribution in [1.29, 1.82) is 0 Å². The molecule has 0 saturated carbocycles. The SMILES string of the molecule is CC1CN(C(=O)c2ccc(NC(=O)Nc3ccc(-c4nc(N5CCOCC5)nc(N5CCOC(C)C5)n4)cc3)cc2)CCN1. The van der Waals surface area contributed by atoms with Crippen molar-refractivity contribution in [2.45, 2.75) is 26.0 Å². The summed E-state index contributed by atoms with van der Waals surface area (Å²) in [5.74, 6) is 1.82. The molecule has 6 rings (SSSR count). The average Bonchev–Trinajstić information content (AvgIpc) is 3.05. The van der Waals surface area contributed by atoms with Gasteiger partial charge >= 0.3 is 6.03 Å². The standard InChI is InChI=1S/C31H39N9O4/c1-21-19-39(12-11-32-21)28(41)24-5-9-26(10-6-24)34-31(42)33-25-7-3-23(4-8-25)27-35-29(38-13-16-43-17-14-38)37-30(36-27)40-15-18-44-22(2)20-40/h3-10,21-22,32H,11-20H2,1-2H3,(H2,33,34,42). The Bertz CT molecular complexity index is 1450. The lowest BCUT2D eigenvalue weighted by molar-refractivity contribution is 0.0526. The molecule has 232 valence electrons. The van der Waals surface area contributed by atoms with Crippen LogP contribution in [0.5, 0.6) is 0 Å². The molecule has 3 saturated heterocycles. The number of ether oxygens (including phenoxy) is 2. The van der Waals surface area contributed by atoms with Gasteiger partial charge in [-0.25, -0.2) is 4.79 Å². The van der Waals surface area contributed by atoms with E-state index in [4.69, 9.17) is 24.4 Å². The Kier molecular flexibility index (Phi) is 9.15.